The van der Waals surface area contributed by atoms with E-state index in [1.807, 2.05) is 0 Å². The molecule has 0 fully saturated rings. The van der Waals surface area contributed by atoms with Gasteiger partial charge in [-0.15, -0.1) is 0 Å². The molecule has 0 atom stereocenters. The Bertz CT molecular complexity index is 1220. The fourth-order valence-electron chi connectivity index (χ4n) is 2.64. The predicted octanol–water partition coefficient (Wildman–Crippen LogP) is 3.22. The van der Waals surface area contributed by atoms with E-state index in [0.717, 1.165) is 19.2 Å². The summed E-state index contributed by atoms with van der Waals surface area (Å²) >= 11 is 6.03. The molecule has 0 aliphatic rings. The Balaban J connectivity index is 2.58. The number of nitrogens with zero attached hydrogens (tertiary/aromatic N) is 2. The molecule has 1 aromatic heterocycles. The van der Waals surface area contributed by atoms with E-state index < -0.39 is 35.1 Å². The zero-order valence-corrected chi connectivity index (χ0v) is 18.1. The van der Waals surface area contributed by atoms with E-state index in [-0.39, 0.29) is 39.3 Å². The van der Waals surface area contributed by atoms with Crippen molar-refractivity contribution in [3.63, 3.8) is 0 Å². The van der Waals surface area contributed by atoms with Crippen molar-refractivity contribution >= 4 is 23.5 Å². The first kappa shape index (κ1) is 24.9. The summed E-state index contributed by atoms with van der Waals surface area (Å²) in [5, 5.41) is -0.146. The minimum Gasteiger partial charge on any atom is -0.460 e. The van der Waals surface area contributed by atoms with Crippen LogP contribution in [-0.2, 0) is 27.5 Å². The van der Waals surface area contributed by atoms with E-state index in [0.29, 0.717) is 10.1 Å². The van der Waals surface area contributed by atoms with E-state index in [9.17, 15) is 32.3 Å². The monoisotopic (exact) mass is 474 g/mol. The number of ether oxygens (including phenoxy) is 2. The van der Waals surface area contributed by atoms with Gasteiger partial charge in [0.2, 0.25) is 5.76 Å². The highest BCUT2D eigenvalue weighted by molar-refractivity contribution is 6.33. The molecule has 32 heavy (non-hydrogen) atoms. The minimum atomic E-state index is -4.92. The Morgan fingerprint density at radius 1 is 1.12 bits per heavy atom. The lowest BCUT2D eigenvalue weighted by atomic mass is 10.2. The van der Waals surface area contributed by atoms with Crippen LogP contribution in [0, 0.1) is 0 Å². The van der Waals surface area contributed by atoms with Crippen molar-refractivity contribution in [3.05, 3.63) is 72.7 Å². The van der Waals surface area contributed by atoms with Gasteiger partial charge in [-0.05, 0) is 44.5 Å². The molecule has 8 nitrogen and oxygen atoms in total. The van der Waals surface area contributed by atoms with Crippen molar-refractivity contribution < 1.29 is 32.2 Å². The molecular weight excluding hydrogens is 457 g/mol. The maximum atomic E-state index is 13.0. The predicted molar refractivity (Wildman–Crippen MR) is 108 cm³/mol. The number of esters is 2. The van der Waals surface area contributed by atoms with Gasteiger partial charge in [0.25, 0.3) is 5.56 Å². The second-order valence-electron chi connectivity index (χ2n) is 6.65. The number of allylic oxidation sites excluding steroid dienone is 1. The maximum Gasteiger partial charge on any atom is 0.431 e. The van der Waals surface area contributed by atoms with E-state index in [1.165, 1.54) is 19.9 Å². The number of aromatic nitrogens is 2. The lowest BCUT2D eigenvalue weighted by Crippen LogP contribution is -2.40. The van der Waals surface area contributed by atoms with Crippen LogP contribution in [0.3, 0.4) is 0 Å². The number of hydrogen-bond donors (Lipinski definition) is 0. The molecule has 1 heterocycles. The maximum absolute atomic E-state index is 13.0. The zero-order chi connectivity index (χ0) is 24.4. The first-order chi connectivity index (χ1) is 14.8. The van der Waals surface area contributed by atoms with Gasteiger partial charge >= 0.3 is 23.8 Å². The Morgan fingerprint density at radius 3 is 2.28 bits per heavy atom. The van der Waals surface area contributed by atoms with Crippen LogP contribution in [0.4, 0.5) is 13.2 Å². The molecule has 0 aliphatic carbocycles. The fourth-order valence-corrected chi connectivity index (χ4v) is 2.83. The average molecular weight is 475 g/mol. The Labute approximate surface area is 184 Å². The van der Waals surface area contributed by atoms with Crippen LogP contribution in [0.15, 0.2) is 45.2 Å². The topological polar surface area (TPSA) is 96.6 Å². The molecule has 0 amide bonds. The summed E-state index contributed by atoms with van der Waals surface area (Å²) in [6, 6.07) is 3.58. The van der Waals surface area contributed by atoms with Crippen molar-refractivity contribution in [3.8, 4) is 5.69 Å². The number of carbonyl (C=O) groups excluding carboxylic acids is 2. The van der Waals surface area contributed by atoms with E-state index in [2.05, 4.69) is 0 Å². The van der Waals surface area contributed by atoms with Gasteiger partial charge in [0, 0.05) is 13.1 Å². The Morgan fingerprint density at radius 2 is 1.75 bits per heavy atom. The third-order valence-corrected chi connectivity index (χ3v) is 4.48. The molecule has 2 aromatic rings. The highest BCUT2D eigenvalue weighted by Crippen LogP contribution is 2.27. The first-order valence-corrected chi connectivity index (χ1v) is 9.44. The number of carbonyl (C=O) groups is 2. The summed E-state index contributed by atoms with van der Waals surface area (Å²) in [5.41, 5.74) is -4.21. The largest absolute Gasteiger partial charge is 0.460 e. The zero-order valence-electron chi connectivity index (χ0n) is 17.4. The minimum absolute atomic E-state index is 0.0313. The summed E-state index contributed by atoms with van der Waals surface area (Å²) in [4.78, 5) is 49.4. The molecule has 172 valence electrons. The van der Waals surface area contributed by atoms with Gasteiger partial charge in [-0.25, -0.2) is 19.0 Å². The van der Waals surface area contributed by atoms with Crippen LogP contribution < -0.4 is 11.2 Å². The Kier molecular flexibility index (Phi) is 7.34. The normalized spacial score (nSPS) is 11.1. The Hall–Kier alpha value is -3.34. The quantitative estimate of drug-likeness (QED) is 0.375. The van der Waals surface area contributed by atoms with Crippen LogP contribution >= 0.6 is 11.6 Å². The molecule has 12 heteroatoms. The third-order valence-electron chi connectivity index (χ3n) is 4.15. The van der Waals surface area contributed by atoms with Crippen LogP contribution in [0.25, 0.3) is 5.69 Å². The fraction of sp³-hybridized carbons (Fsp3) is 0.300. The highest BCUT2D eigenvalue weighted by atomic mass is 35.5. The number of rotatable bonds is 5. The number of hydrogen-bond acceptors (Lipinski definition) is 6. The van der Waals surface area contributed by atoms with Gasteiger partial charge in [0.1, 0.15) is 5.69 Å². The lowest BCUT2D eigenvalue weighted by molar-refractivity contribution is -0.144. The van der Waals surface area contributed by atoms with Gasteiger partial charge in [-0.1, -0.05) is 11.6 Å². The van der Waals surface area contributed by atoms with Gasteiger partial charge in [-0.3, -0.25) is 9.36 Å². The van der Waals surface area contributed by atoms with Gasteiger partial charge in [0.15, 0.2) is 0 Å². The second-order valence-corrected chi connectivity index (χ2v) is 7.05. The number of alkyl halides is 3. The molecule has 0 saturated heterocycles. The molecule has 0 N–H and O–H groups in total. The third kappa shape index (κ3) is 5.10. The smallest absolute Gasteiger partial charge is 0.431 e. The van der Waals surface area contributed by atoms with Crippen LogP contribution in [0.1, 0.15) is 36.8 Å². The second kappa shape index (κ2) is 9.43. The summed E-state index contributed by atoms with van der Waals surface area (Å²) in [6.45, 7) is 4.60. The molecule has 0 radical (unpaired) electrons. The van der Waals surface area contributed by atoms with Gasteiger partial charge in [-0.2, -0.15) is 13.2 Å². The SMILES string of the molecule is CCOC(=O)C(OC(=O)c1cc(-n2c(=O)cc(C(F)(F)F)n(C)c2=O)ccc1Cl)=C(C)C. The van der Waals surface area contributed by atoms with Crippen molar-refractivity contribution in [2.45, 2.75) is 26.9 Å². The van der Waals surface area contributed by atoms with Crippen molar-refractivity contribution in [2.75, 3.05) is 6.61 Å². The van der Waals surface area contributed by atoms with Crippen LogP contribution in [-0.4, -0.2) is 27.7 Å². The molecule has 0 aliphatic heterocycles. The average Bonchev–Trinajstić information content (AvgIpc) is 2.68. The van der Waals surface area contributed by atoms with Crippen LogP contribution in [0.2, 0.25) is 5.02 Å². The molecule has 0 saturated carbocycles. The lowest BCUT2D eigenvalue weighted by Gasteiger charge is -2.15. The van der Waals surface area contributed by atoms with Gasteiger partial charge < -0.3 is 9.47 Å². The number of halogens is 4. The summed E-state index contributed by atoms with van der Waals surface area (Å²) in [5.74, 6) is -2.36. The first-order valence-electron chi connectivity index (χ1n) is 9.06. The van der Waals surface area contributed by atoms with Crippen molar-refractivity contribution in [1.29, 1.82) is 0 Å². The van der Waals surface area contributed by atoms with Crippen LogP contribution in [0.5, 0.6) is 0 Å². The van der Waals surface area contributed by atoms with Crippen molar-refractivity contribution in [2.24, 2.45) is 7.05 Å². The molecule has 0 unspecified atom stereocenters. The van der Waals surface area contributed by atoms with Crippen molar-refractivity contribution in [1.82, 2.24) is 9.13 Å². The molecule has 0 spiro atoms. The molecule has 2 rings (SSSR count). The number of benzene rings is 1. The molecular formula is C20H18ClF3N2O6. The van der Waals surface area contributed by atoms with E-state index in [1.54, 1.807) is 6.92 Å². The van der Waals surface area contributed by atoms with E-state index in [4.69, 9.17) is 21.1 Å². The van der Waals surface area contributed by atoms with E-state index >= 15 is 0 Å². The summed E-state index contributed by atoms with van der Waals surface area (Å²) in [6.07, 6.45) is -4.92. The summed E-state index contributed by atoms with van der Waals surface area (Å²) < 4.78 is 49.7. The highest BCUT2D eigenvalue weighted by Gasteiger charge is 2.35. The van der Waals surface area contributed by atoms with Gasteiger partial charge in [0.05, 0.1) is 22.9 Å². The molecule has 0 bridgehead atoms. The molecule has 1 aromatic carbocycles. The summed E-state index contributed by atoms with van der Waals surface area (Å²) in [7, 11) is 0.854. The standard InChI is InChI=1S/C20H18ClF3N2O6/c1-5-31-18(29)16(10(2)3)32-17(28)12-8-11(6-7-13(12)21)26-15(27)9-14(20(22,23)24)25(4)19(26)30/h6-9H,5H2,1-4H3.